The minimum Gasteiger partial charge on any atom is -0.499 e. The number of aromatic nitrogens is 2. The van der Waals surface area contributed by atoms with Gasteiger partial charge in [-0.3, -0.25) is 0 Å². The minimum absolute atomic E-state index is 0. The Balaban J connectivity index is 0.000000183. The number of rotatable bonds is 2. The first-order valence-corrected chi connectivity index (χ1v) is 12.6. The molecule has 3 aromatic carbocycles. The quantitative estimate of drug-likeness (QED) is 0.172. The van der Waals surface area contributed by atoms with Crippen molar-refractivity contribution in [2.45, 2.75) is 13.8 Å². The molecule has 0 atom stereocenters. The van der Waals surface area contributed by atoms with Crippen molar-refractivity contribution in [2.24, 2.45) is 0 Å². The average Bonchev–Trinajstić information content (AvgIpc) is 3.47. The van der Waals surface area contributed by atoms with Crippen molar-refractivity contribution in [2.75, 3.05) is 0 Å². The van der Waals surface area contributed by atoms with E-state index in [0.717, 1.165) is 44.5 Å². The van der Waals surface area contributed by atoms with Crippen molar-refractivity contribution in [3.8, 4) is 22.5 Å². The molecule has 0 N–H and O–H groups in total. The predicted molar refractivity (Wildman–Crippen MR) is 149 cm³/mol. The summed E-state index contributed by atoms with van der Waals surface area (Å²) in [5, 5.41) is 3.56. The zero-order valence-corrected chi connectivity index (χ0v) is 23.5. The molecule has 1 radical (unpaired) electrons. The molecule has 3 nitrogen and oxygen atoms in total. The summed E-state index contributed by atoms with van der Waals surface area (Å²) in [7, 11) is 0. The van der Waals surface area contributed by atoms with Gasteiger partial charge in [-0.25, -0.2) is 0 Å². The molecular weight excluding hydrogens is 653 g/mol. The van der Waals surface area contributed by atoms with Gasteiger partial charge >= 0.3 is 0 Å². The first-order chi connectivity index (χ1) is 17.7. The summed E-state index contributed by atoms with van der Waals surface area (Å²) in [5.74, 6) is 0. The van der Waals surface area contributed by atoms with Gasteiger partial charge in [-0.1, -0.05) is 47.3 Å². The van der Waals surface area contributed by atoms with Crippen LogP contribution in [-0.2, 0) is 20.1 Å². The molecule has 0 fully saturated rings. The van der Waals surface area contributed by atoms with E-state index in [4.69, 9.17) is 4.42 Å². The van der Waals surface area contributed by atoms with E-state index in [-0.39, 0.29) is 20.1 Å². The van der Waals surface area contributed by atoms with Gasteiger partial charge in [0.1, 0.15) is 5.58 Å². The summed E-state index contributed by atoms with van der Waals surface area (Å²) in [6.07, 6.45) is 3.59. The zero-order valence-electron chi connectivity index (χ0n) is 20.3. The van der Waals surface area contributed by atoms with Crippen LogP contribution in [-0.4, -0.2) is 9.97 Å². The van der Waals surface area contributed by atoms with Gasteiger partial charge in [-0.15, -0.1) is 65.4 Å². The molecule has 0 bridgehead atoms. The molecule has 0 aliphatic carbocycles. The van der Waals surface area contributed by atoms with Crippen LogP contribution in [0, 0.1) is 26.0 Å². The molecule has 0 unspecified atom stereocenters. The topological polar surface area (TPSA) is 38.9 Å². The Bertz CT molecular complexity index is 1760. The van der Waals surface area contributed by atoms with E-state index in [1.807, 2.05) is 66.7 Å². The monoisotopic (exact) mass is 675 g/mol. The molecule has 0 aliphatic heterocycles. The number of aryl methyl sites for hydroxylation is 2. The van der Waals surface area contributed by atoms with E-state index in [9.17, 15) is 0 Å². The molecule has 0 aliphatic rings. The van der Waals surface area contributed by atoms with Crippen molar-refractivity contribution in [3.63, 3.8) is 0 Å². The number of thiophene rings is 1. The van der Waals surface area contributed by atoms with Gasteiger partial charge in [0.25, 0.3) is 0 Å². The molecule has 0 amide bonds. The van der Waals surface area contributed by atoms with Crippen LogP contribution >= 0.6 is 11.3 Å². The van der Waals surface area contributed by atoms with Gasteiger partial charge in [0.15, 0.2) is 0 Å². The predicted octanol–water partition coefficient (Wildman–Crippen LogP) is 8.83. The van der Waals surface area contributed by atoms with Crippen LogP contribution in [0.4, 0.5) is 0 Å². The molecule has 7 aromatic rings. The van der Waals surface area contributed by atoms with Crippen LogP contribution in [0.1, 0.15) is 10.4 Å². The van der Waals surface area contributed by atoms with Crippen LogP contribution in [0.15, 0.2) is 102 Å². The third kappa shape index (κ3) is 4.74. The van der Waals surface area contributed by atoms with Gasteiger partial charge < -0.3 is 14.4 Å². The van der Waals surface area contributed by atoms with E-state index >= 15 is 0 Å². The zero-order chi connectivity index (χ0) is 24.5. The Morgan fingerprint density at radius 2 is 1.38 bits per heavy atom. The first kappa shape index (κ1) is 25.0. The van der Waals surface area contributed by atoms with Crippen LogP contribution < -0.4 is 0 Å². The summed E-state index contributed by atoms with van der Waals surface area (Å²) >= 11 is 1.81. The largest absolute Gasteiger partial charge is 0.499 e. The third-order valence-corrected chi connectivity index (χ3v) is 7.54. The maximum atomic E-state index is 6.36. The molecule has 37 heavy (non-hydrogen) atoms. The van der Waals surface area contributed by atoms with Gasteiger partial charge in [0.05, 0.1) is 10.3 Å². The molecule has 0 saturated heterocycles. The Hall–Kier alpha value is -3.63. The van der Waals surface area contributed by atoms with Crippen molar-refractivity contribution in [3.05, 3.63) is 120 Å². The minimum atomic E-state index is 0. The Morgan fingerprint density at radius 3 is 2.08 bits per heavy atom. The van der Waals surface area contributed by atoms with Crippen LogP contribution in [0.25, 0.3) is 54.5 Å². The van der Waals surface area contributed by atoms with E-state index in [1.54, 1.807) is 23.7 Å². The summed E-state index contributed by atoms with van der Waals surface area (Å²) in [4.78, 5) is 10.0. The third-order valence-electron chi connectivity index (χ3n) is 6.31. The SMILES string of the molecule is Cc1sc2c(ccc3c4cc[c-]c(-c5ccccn5)c4oc32)c1C.[Ir].[c-]1ccccc1-c1ccccn1. The normalized spacial score (nSPS) is 10.8. The fraction of sp³-hybridized carbons (Fsp3) is 0.0625. The van der Waals surface area contributed by atoms with E-state index in [2.05, 4.69) is 54.1 Å². The smallest absolute Gasteiger partial charge is 0.138 e. The second-order valence-electron chi connectivity index (χ2n) is 8.51. The molecule has 0 spiro atoms. The van der Waals surface area contributed by atoms with Crippen LogP contribution in [0.5, 0.6) is 0 Å². The number of hydrogen-bond acceptors (Lipinski definition) is 4. The standard InChI is InChI=1S/C21H14NOS.C11H8N.Ir/c1-12-13(2)24-21-14(12)9-10-16-15-6-5-7-17(19(15)23-20(16)21)18-8-3-4-11-22-18;1-2-6-10(7-3-1)11-8-4-5-9-12-11;/h3-6,8-11H,1-2H3;1-6,8-9H;/q2*-1;. The molecule has 5 heteroatoms. The second-order valence-corrected chi connectivity index (χ2v) is 9.73. The summed E-state index contributed by atoms with van der Waals surface area (Å²) in [6, 6.07) is 34.4. The van der Waals surface area contributed by atoms with Crippen molar-refractivity contribution >= 4 is 43.4 Å². The van der Waals surface area contributed by atoms with Crippen LogP contribution in [0.3, 0.4) is 0 Å². The number of furan rings is 1. The van der Waals surface area contributed by atoms with E-state index in [1.165, 1.54) is 20.5 Å². The van der Waals surface area contributed by atoms with Crippen molar-refractivity contribution in [1.29, 1.82) is 0 Å². The van der Waals surface area contributed by atoms with Crippen molar-refractivity contribution < 1.29 is 24.5 Å². The van der Waals surface area contributed by atoms with Crippen LogP contribution in [0.2, 0.25) is 0 Å². The second kappa shape index (κ2) is 10.8. The first-order valence-electron chi connectivity index (χ1n) is 11.8. The van der Waals surface area contributed by atoms with E-state index < -0.39 is 0 Å². The summed E-state index contributed by atoms with van der Waals surface area (Å²) in [5.41, 5.74) is 6.99. The fourth-order valence-corrected chi connectivity index (χ4v) is 5.52. The number of benzene rings is 3. The maximum Gasteiger partial charge on any atom is 0.138 e. The summed E-state index contributed by atoms with van der Waals surface area (Å²) in [6.45, 7) is 4.34. The Morgan fingerprint density at radius 1 is 0.676 bits per heavy atom. The Labute approximate surface area is 233 Å². The van der Waals surface area contributed by atoms with Gasteiger partial charge in [-0.05, 0) is 48.3 Å². The molecule has 4 aromatic heterocycles. The number of pyridine rings is 2. The molecule has 183 valence electrons. The molecular formula is C32H22IrN2OS-2. The van der Waals surface area contributed by atoms with E-state index in [0.29, 0.717) is 0 Å². The summed E-state index contributed by atoms with van der Waals surface area (Å²) < 4.78 is 7.59. The van der Waals surface area contributed by atoms with Gasteiger partial charge in [-0.2, -0.15) is 0 Å². The Kier molecular flexibility index (Phi) is 7.29. The molecule has 0 saturated carbocycles. The number of nitrogens with zero attached hydrogens (tertiary/aromatic N) is 2. The number of fused-ring (bicyclic) bond motifs is 5. The van der Waals surface area contributed by atoms with Crippen molar-refractivity contribution in [1.82, 2.24) is 9.97 Å². The fourth-order valence-electron chi connectivity index (χ4n) is 4.37. The van der Waals surface area contributed by atoms with Gasteiger partial charge in [0, 0.05) is 42.8 Å². The maximum absolute atomic E-state index is 6.36. The number of hydrogen-bond donors (Lipinski definition) is 0. The average molecular weight is 675 g/mol. The van der Waals surface area contributed by atoms with Gasteiger partial charge in [0.2, 0.25) is 0 Å². The molecule has 4 heterocycles. The molecule has 7 rings (SSSR count).